The largest absolute Gasteiger partial charge is 0.379 e. The van der Waals surface area contributed by atoms with Gasteiger partial charge in [0.1, 0.15) is 0 Å². The second-order valence-electron chi connectivity index (χ2n) is 7.39. The fourth-order valence-corrected chi connectivity index (χ4v) is 5.32. The zero-order chi connectivity index (χ0) is 21.1. The Kier molecular flexibility index (Phi) is 5.99. The van der Waals surface area contributed by atoms with E-state index in [4.69, 9.17) is 4.74 Å². The highest BCUT2D eigenvalue weighted by atomic mass is 32.2. The highest BCUT2D eigenvalue weighted by molar-refractivity contribution is 7.89. The summed E-state index contributed by atoms with van der Waals surface area (Å²) in [6.07, 6.45) is 0.874. The SMILES string of the molecule is O=C(CCC(=O)N1CCc2cc(S(=O)(=O)N3CCOCC3)ccc21)c1ccccc1. The number of morpholine rings is 1. The van der Waals surface area contributed by atoms with E-state index in [1.54, 1.807) is 47.4 Å². The van der Waals surface area contributed by atoms with Crippen LogP contribution in [0.2, 0.25) is 0 Å². The highest BCUT2D eigenvalue weighted by Crippen LogP contribution is 2.32. The molecule has 2 aliphatic rings. The molecule has 8 heteroatoms. The first-order chi connectivity index (χ1) is 14.5. The minimum Gasteiger partial charge on any atom is -0.379 e. The number of carbonyl (C=O) groups is 2. The van der Waals surface area contributed by atoms with E-state index in [-0.39, 0.29) is 29.4 Å². The molecule has 2 heterocycles. The zero-order valence-electron chi connectivity index (χ0n) is 16.6. The quantitative estimate of drug-likeness (QED) is 0.659. The average molecular weight is 429 g/mol. The average Bonchev–Trinajstić information content (AvgIpc) is 3.22. The van der Waals surface area contributed by atoms with Crippen molar-refractivity contribution in [1.82, 2.24) is 4.31 Å². The van der Waals surface area contributed by atoms with Crippen molar-refractivity contribution >= 4 is 27.4 Å². The van der Waals surface area contributed by atoms with E-state index in [0.29, 0.717) is 44.8 Å². The van der Waals surface area contributed by atoms with Crippen LogP contribution in [0.25, 0.3) is 0 Å². The summed E-state index contributed by atoms with van der Waals surface area (Å²) in [4.78, 5) is 26.9. The Labute approximate surface area is 176 Å². The van der Waals surface area contributed by atoms with E-state index in [1.165, 1.54) is 4.31 Å². The highest BCUT2D eigenvalue weighted by Gasteiger charge is 2.30. The van der Waals surface area contributed by atoms with Crippen LogP contribution in [-0.4, -0.2) is 57.3 Å². The van der Waals surface area contributed by atoms with Crippen molar-refractivity contribution in [1.29, 1.82) is 0 Å². The Morgan fingerprint density at radius 3 is 2.40 bits per heavy atom. The van der Waals surface area contributed by atoms with Gasteiger partial charge >= 0.3 is 0 Å². The van der Waals surface area contributed by atoms with Gasteiger partial charge in [-0.15, -0.1) is 0 Å². The zero-order valence-corrected chi connectivity index (χ0v) is 17.4. The van der Waals surface area contributed by atoms with Crippen molar-refractivity contribution in [3.8, 4) is 0 Å². The van der Waals surface area contributed by atoms with E-state index in [2.05, 4.69) is 0 Å². The van der Waals surface area contributed by atoms with Gasteiger partial charge in [0.2, 0.25) is 15.9 Å². The summed E-state index contributed by atoms with van der Waals surface area (Å²) in [5.74, 6) is -0.183. The molecular weight excluding hydrogens is 404 g/mol. The van der Waals surface area contributed by atoms with Crippen LogP contribution in [-0.2, 0) is 26.0 Å². The van der Waals surface area contributed by atoms with Crippen LogP contribution in [0, 0.1) is 0 Å². The number of sulfonamides is 1. The first-order valence-corrected chi connectivity index (χ1v) is 11.5. The first kappa shape index (κ1) is 20.7. The predicted molar refractivity (Wildman–Crippen MR) is 112 cm³/mol. The van der Waals surface area contributed by atoms with Crippen molar-refractivity contribution in [3.05, 3.63) is 59.7 Å². The number of nitrogens with zero attached hydrogens (tertiary/aromatic N) is 2. The number of Topliss-reactive ketones (excluding diaryl/α,β-unsaturated/α-hetero) is 1. The molecule has 0 radical (unpaired) electrons. The molecule has 30 heavy (non-hydrogen) atoms. The van der Waals surface area contributed by atoms with Crippen LogP contribution >= 0.6 is 0 Å². The molecule has 0 atom stereocenters. The van der Waals surface area contributed by atoms with E-state index in [9.17, 15) is 18.0 Å². The van der Waals surface area contributed by atoms with Gasteiger partial charge in [0.05, 0.1) is 18.1 Å². The lowest BCUT2D eigenvalue weighted by atomic mass is 10.1. The van der Waals surface area contributed by atoms with Gasteiger partial charge in [0, 0.05) is 43.7 Å². The standard InChI is InChI=1S/C22H24N2O5S/c25-21(17-4-2-1-3-5-17)8-9-22(26)24-11-10-18-16-19(6-7-20(18)24)30(27,28)23-12-14-29-15-13-23/h1-7,16H,8-15H2. The second kappa shape index (κ2) is 8.67. The fraction of sp³-hybridized carbons (Fsp3) is 0.364. The number of hydrogen-bond acceptors (Lipinski definition) is 5. The number of ether oxygens (including phenoxy) is 1. The molecule has 0 bridgehead atoms. The summed E-state index contributed by atoms with van der Waals surface area (Å²) in [7, 11) is -3.57. The summed E-state index contributed by atoms with van der Waals surface area (Å²) in [6.45, 7) is 1.98. The topological polar surface area (TPSA) is 84.0 Å². The van der Waals surface area contributed by atoms with E-state index < -0.39 is 10.0 Å². The van der Waals surface area contributed by atoms with Gasteiger partial charge in [-0.25, -0.2) is 8.42 Å². The number of benzene rings is 2. The minimum atomic E-state index is -3.57. The molecule has 7 nitrogen and oxygen atoms in total. The van der Waals surface area contributed by atoms with Crippen molar-refractivity contribution < 1.29 is 22.7 Å². The van der Waals surface area contributed by atoms with Crippen molar-refractivity contribution in [3.63, 3.8) is 0 Å². The lowest BCUT2D eigenvalue weighted by Crippen LogP contribution is -2.40. The summed E-state index contributed by atoms with van der Waals surface area (Å²) in [5, 5.41) is 0. The van der Waals surface area contributed by atoms with Crippen LogP contribution in [0.4, 0.5) is 5.69 Å². The van der Waals surface area contributed by atoms with Crippen molar-refractivity contribution in [2.75, 3.05) is 37.7 Å². The van der Waals surface area contributed by atoms with Crippen molar-refractivity contribution in [2.24, 2.45) is 0 Å². The monoisotopic (exact) mass is 428 g/mol. The van der Waals surface area contributed by atoms with E-state index in [0.717, 1.165) is 11.3 Å². The van der Waals surface area contributed by atoms with Gasteiger partial charge in [0.15, 0.2) is 5.78 Å². The minimum absolute atomic E-state index is 0.0599. The summed E-state index contributed by atoms with van der Waals surface area (Å²) < 4.78 is 32.4. The molecule has 2 aromatic carbocycles. The number of rotatable bonds is 6. The molecule has 1 fully saturated rings. The first-order valence-electron chi connectivity index (χ1n) is 10.1. The molecule has 0 aromatic heterocycles. The Balaban J connectivity index is 1.44. The molecular formula is C22H24N2O5S. The van der Waals surface area contributed by atoms with Crippen LogP contribution in [0.5, 0.6) is 0 Å². The number of anilines is 1. The maximum Gasteiger partial charge on any atom is 0.243 e. The van der Waals surface area contributed by atoms with Crippen LogP contribution in [0.15, 0.2) is 53.4 Å². The molecule has 0 spiro atoms. The Bertz CT molecular complexity index is 1050. The molecule has 0 saturated carbocycles. The van der Waals surface area contributed by atoms with Gasteiger partial charge in [-0.3, -0.25) is 9.59 Å². The van der Waals surface area contributed by atoms with Gasteiger partial charge in [0.25, 0.3) is 0 Å². The smallest absolute Gasteiger partial charge is 0.243 e. The number of fused-ring (bicyclic) bond motifs is 1. The van der Waals surface area contributed by atoms with Crippen LogP contribution in [0.3, 0.4) is 0 Å². The van der Waals surface area contributed by atoms with Gasteiger partial charge in [-0.1, -0.05) is 30.3 Å². The summed E-state index contributed by atoms with van der Waals surface area (Å²) >= 11 is 0. The maximum absolute atomic E-state index is 12.9. The van der Waals surface area contributed by atoms with Gasteiger partial charge in [-0.05, 0) is 30.2 Å². The normalized spacial score (nSPS) is 17.0. The molecule has 1 amide bonds. The fourth-order valence-electron chi connectivity index (χ4n) is 3.86. The summed E-state index contributed by atoms with van der Waals surface area (Å²) in [6, 6.07) is 13.9. The maximum atomic E-state index is 12.9. The molecule has 4 rings (SSSR count). The number of amides is 1. The Morgan fingerprint density at radius 1 is 0.933 bits per heavy atom. The third-order valence-electron chi connectivity index (χ3n) is 5.52. The lowest BCUT2D eigenvalue weighted by Gasteiger charge is -2.26. The molecule has 2 aromatic rings. The number of ketones is 1. The van der Waals surface area contributed by atoms with E-state index >= 15 is 0 Å². The third-order valence-corrected chi connectivity index (χ3v) is 7.41. The van der Waals surface area contributed by atoms with Crippen molar-refractivity contribution in [2.45, 2.75) is 24.2 Å². The van der Waals surface area contributed by atoms with Crippen LogP contribution in [0.1, 0.15) is 28.8 Å². The molecule has 1 saturated heterocycles. The predicted octanol–water partition coefficient (Wildman–Crippen LogP) is 2.26. The molecule has 2 aliphatic heterocycles. The van der Waals surface area contributed by atoms with Gasteiger partial charge < -0.3 is 9.64 Å². The summed E-state index contributed by atoms with van der Waals surface area (Å²) in [5.41, 5.74) is 2.17. The Hall–Kier alpha value is -2.55. The lowest BCUT2D eigenvalue weighted by molar-refractivity contribution is -0.118. The molecule has 0 aliphatic carbocycles. The molecule has 0 N–H and O–H groups in total. The van der Waals surface area contributed by atoms with E-state index in [1.807, 2.05) is 6.07 Å². The Morgan fingerprint density at radius 2 is 1.67 bits per heavy atom. The number of carbonyl (C=O) groups excluding carboxylic acids is 2. The second-order valence-corrected chi connectivity index (χ2v) is 9.33. The third kappa shape index (κ3) is 4.16. The van der Waals surface area contributed by atoms with Crippen LogP contribution < -0.4 is 4.90 Å². The molecule has 158 valence electrons. The number of hydrogen-bond donors (Lipinski definition) is 0. The molecule has 0 unspecified atom stereocenters. The van der Waals surface area contributed by atoms with Gasteiger partial charge in [-0.2, -0.15) is 4.31 Å².